The summed E-state index contributed by atoms with van der Waals surface area (Å²) in [6.07, 6.45) is 0.589. The lowest BCUT2D eigenvalue weighted by atomic mass is 10.1. The second kappa shape index (κ2) is 9.90. The number of benzene rings is 1. The normalized spacial score (nSPS) is 10.5. The average molecular weight is 407 g/mol. The summed E-state index contributed by atoms with van der Waals surface area (Å²) >= 11 is 1.24. The van der Waals surface area contributed by atoms with Crippen LogP contribution in [0.2, 0.25) is 0 Å². The first-order chi connectivity index (χ1) is 13.4. The van der Waals surface area contributed by atoms with Crippen molar-refractivity contribution in [1.29, 1.82) is 0 Å². The Morgan fingerprint density at radius 3 is 2.71 bits per heavy atom. The Bertz CT molecular complexity index is 867. The largest absolute Gasteiger partial charge is 0.464 e. The van der Waals surface area contributed by atoms with Crippen LogP contribution in [-0.4, -0.2) is 54.1 Å². The zero-order valence-electron chi connectivity index (χ0n) is 15.8. The molecule has 0 aliphatic rings. The van der Waals surface area contributed by atoms with Gasteiger partial charge in [0.1, 0.15) is 5.01 Å². The van der Waals surface area contributed by atoms with E-state index in [4.69, 9.17) is 4.74 Å². The number of methoxy groups -OCH3 is 2. The zero-order chi connectivity index (χ0) is 20.7. The third kappa shape index (κ3) is 5.33. The number of carbonyl (C=O) groups excluding carboxylic acids is 2. The molecule has 0 saturated heterocycles. The lowest BCUT2D eigenvalue weighted by molar-refractivity contribution is -0.385. The maximum absolute atomic E-state index is 13.0. The smallest absolute Gasteiger partial charge is 0.357 e. The van der Waals surface area contributed by atoms with Crippen molar-refractivity contribution in [3.05, 3.63) is 55.5 Å². The van der Waals surface area contributed by atoms with E-state index >= 15 is 0 Å². The second-order valence-electron chi connectivity index (χ2n) is 5.95. The summed E-state index contributed by atoms with van der Waals surface area (Å²) in [6.45, 7) is 2.63. The molecule has 2 aromatic rings. The number of aryl methyl sites for hydroxylation is 1. The number of rotatable bonds is 9. The van der Waals surface area contributed by atoms with Crippen LogP contribution >= 0.6 is 11.3 Å². The summed E-state index contributed by atoms with van der Waals surface area (Å²) in [6, 6.07) is 4.40. The van der Waals surface area contributed by atoms with E-state index in [1.807, 2.05) is 0 Å². The Balaban J connectivity index is 2.25. The van der Waals surface area contributed by atoms with Gasteiger partial charge in [0.15, 0.2) is 5.69 Å². The first-order valence-corrected chi connectivity index (χ1v) is 9.31. The standard InChI is InChI=1S/C18H21N3O6S/c1-12-5-6-13(9-15(12)21(24)25)17(22)20(7-4-8-26-2)10-16-19-14(11-28-16)18(23)27-3/h5-6,9,11H,4,7-8,10H2,1-3H3. The summed E-state index contributed by atoms with van der Waals surface area (Å²) in [5, 5.41) is 13.3. The van der Waals surface area contributed by atoms with E-state index in [2.05, 4.69) is 9.72 Å². The Kier molecular flexibility index (Phi) is 7.59. The highest BCUT2D eigenvalue weighted by Gasteiger charge is 2.21. The van der Waals surface area contributed by atoms with Gasteiger partial charge in [-0.3, -0.25) is 14.9 Å². The molecule has 2 rings (SSSR count). The van der Waals surface area contributed by atoms with E-state index in [1.54, 1.807) is 31.5 Å². The summed E-state index contributed by atoms with van der Waals surface area (Å²) < 4.78 is 9.68. The SMILES string of the molecule is COCCCN(Cc1nc(C(=O)OC)cs1)C(=O)c1ccc(C)c([N+](=O)[O-])c1. The van der Waals surface area contributed by atoms with Crippen LogP contribution in [0.1, 0.15) is 37.8 Å². The van der Waals surface area contributed by atoms with Crippen LogP contribution < -0.4 is 0 Å². The fraction of sp³-hybridized carbons (Fsp3) is 0.389. The molecular formula is C18H21N3O6S. The van der Waals surface area contributed by atoms with Crippen molar-refractivity contribution in [3.8, 4) is 0 Å². The Labute approximate surface area is 166 Å². The number of carbonyl (C=O) groups is 2. The predicted molar refractivity (Wildman–Crippen MR) is 103 cm³/mol. The van der Waals surface area contributed by atoms with Gasteiger partial charge in [-0.1, -0.05) is 6.07 Å². The Morgan fingerprint density at radius 1 is 1.32 bits per heavy atom. The summed E-state index contributed by atoms with van der Waals surface area (Å²) in [4.78, 5) is 40.9. The van der Waals surface area contributed by atoms with Gasteiger partial charge in [-0.2, -0.15) is 0 Å². The van der Waals surface area contributed by atoms with E-state index in [-0.39, 0.29) is 29.4 Å². The highest BCUT2D eigenvalue weighted by atomic mass is 32.1. The van der Waals surface area contributed by atoms with Gasteiger partial charge in [0.25, 0.3) is 11.6 Å². The number of nitro benzene ring substituents is 1. The molecule has 150 valence electrons. The van der Waals surface area contributed by atoms with E-state index in [0.717, 1.165) is 0 Å². The molecule has 0 fully saturated rings. The minimum absolute atomic E-state index is 0.107. The van der Waals surface area contributed by atoms with Gasteiger partial charge >= 0.3 is 5.97 Å². The molecule has 0 radical (unpaired) electrons. The monoisotopic (exact) mass is 407 g/mol. The molecule has 1 aromatic heterocycles. The number of ether oxygens (including phenoxy) is 2. The lowest BCUT2D eigenvalue weighted by Crippen LogP contribution is -2.32. The molecule has 0 aliphatic heterocycles. The molecular weight excluding hydrogens is 386 g/mol. The van der Waals surface area contributed by atoms with Crippen molar-refractivity contribution < 1.29 is 24.0 Å². The summed E-state index contributed by atoms with van der Waals surface area (Å²) in [7, 11) is 2.84. The molecule has 0 unspecified atom stereocenters. The number of hydrogen-bond acceptors (Lipinski definition) is 8. The van der Waals surface area contributed by atoms with Crippen LogP contribution in [0.5, 0.6) is 0 Å². The molecule has 1 amide bonds. The van der Waals surface area contributed by atoms with E-state index in [0.29, 0.717) is 30.1 Å². The number of thiazole rings is 1. The lowest BCUT2D eigenvalue weighted by Gasteiger charge is -2.21. The molecule has 0 atom stereocenters. The molecule has 0 N–H and O–H groups in total. The number of esters is 1. The van der Waals surface area contributed by atoms with Crippen molar-refractivity contribution in [3.63, 3.8) is 0 Å². The molecule has 0 bridgehead atoms. The highest BCUT2D eigenvalue weighted by molar-refractivity contribution is 7.09. The fourth-order valence-electron chi connectivity index (χ4n) is 2.52. The third-order valence-electron chi connectivity index (χ3n) is 3.99. The molecule has 1 aromatic carbocycles. The van der Waals surface area contributed by atoms with Crippen molar-refractivity contribution in [2.24, 2.45) is 0 Å². The van der Waals surface area contributed by atoms with Crippen LogP contribution in [0.15, 0.2) is 23.6 Å². The van der Waals surface area contributed by atoms with Crippen LogP contribution in [0.3, 0.4) is 0 Å². The first kappa shape index (κ1) is 21.5. The van der Waals surface area contributed by atoms with E-state index < -0.39 is 10.9 Å². The number of amides is 1. The predicted octanol–water partition coefficient (Wildman–Crippen LogP) is 2.83. The number of nitro groups is 1. The van der Waals surface area contributed by atoms with Crippen molar-refractivity contribution in [1.82, 2.24) is 9.88 Å². The number of nitrogens with zero attached hydrogens (tertiary/aromatic N) is 3. The van der Waals surface area contributed by atoms with Gasteiger partial charge in [0.2, 0.25) is 0 Å². The third-order valence-corrected chi connectivity index (χ3v) is 4.82. The number of hydrogen-bond donors (Lipinski definition) is 0. The van der Waals surface area contributed by atoms with Crippen LogP contribution in [-0.2, 0) is 16.0 Å². The highest BCUT2D eigenvalue weighted by Crippen LogP contribution is 2.22. The fourth-order valence-corrected chi connectivity index (χ4v) is 3.30. The topological polar surface area (TPSA) is 112 Å². The van der Waals surface area contributed by atoms with Gasteiger partial charge in [-0.05, 0) is 19.4 Å². The minimum atomic E-state index is -0.547. The van der Waals surface area contributed by atoms with E-state index in [1.165, 1.54) is 29.4 Å². The van der Waals surface area contributed by atoms with Crippen LogP contribution in [0.4, 0.5) is 5.69 Å². The molecule has 9 nitrogen and oxygen atoms in total. The molecule has 10 heteroatoms. The van der Waals surface area contributed by atoms with Gasteiger partial charge in [0, 0.05) is 42.8 Å². The maximum atomic E-state index is 13.0. The van der Waals surface area contributed by atoms with Gasteiger partial charge < -0.3 is 14.4 Å². The van der Waals surface area contributed by atoms with Gasteiger partial charge in [-0.15, -0.1) is 11.3 Å². The molecule has 28 heavy (non-hydrogen) atoms. The van der Waals surface area contributed by atoms with E-state index in [9.17, 15) is 19.7 Å². The average Bonchev–Trinajstić information content (AvgIpc) is 3.15. The van der Waals surface area contributed by atoms with Gasteiger partial charge in [0.05, 0.1) is 18.6 Å². The van der Waals surface area contributed by atoms with Crippen molar-refractivity contribution in [2.75, 3.05) is 27.4 Å². The zero-order valence-corrected chi connectivity index (χ0v) is 16.7. The number of aromatic nitrogens is 1. The Morgan fingerprint density at radius 2 is 2.07 bits per heavy atom. The maximum Gasteiger partial charge on any atom is 0.357 e. The van der Waals surface area contributed by atoms with Crippen LogP contribution in [0.25, 0.3) is 0 Å². The van der Waals surface area contributed by atoms with Crippen molar-refractivity contribution >= 4 is 28.9 Å². The molecule has 0 spiro atoms. The molecule has 1 heterocycles. The summed E-state index contributed by atoms with van der Waals surface area (Å²) in [5.41, 5.74) is 0.775. The van der Waals surface area contributed by atoms with Gasteiger partial charge in [-0.25, -0.2) is 9.78 Å². The first-order valence-electron chi connectivity index (χ1n) is 8.43. The summed E-state index contributed by atoms with van der Waals surface area (Å²) in [5.74, 6) is -0.900. The van der Waals surface area contributed by atoms with Crippen molar-refractivity contribution in [2.45, 2.75) is 19.9 Å². The quantitative estimate of drug-likeness (QED) is 0.272. The molecule has 0 saturated carbocycles. The van der Waals surface area contributed by atoms with Crippen LogP contribution in [0, 0.1) is 17.0 Å². The second-order valence-corrected chi connectivity index (χ2v) is 6.89. The Hall–Kier alpha value is -2.85. The molecule has 0 aliphatic carbocycles. The minimum Gasteiger partial charge on any atom is -0.464 e.